The summed E-state index contributed by atoms with van der Waals surface area (Å²) in [7, 11) is 0. The topological polar surface area (TPSA) is 67.4 Å². The molecule has 0 fully saturated rings. The second kappa shape index (κ2) is 6.12. The number of allylic oxidation sites excluding steroid dienone is 1. The fraction of sp³-hybridized carbons (Fsp3) is 0.375. The quantitative estimate of drug-likeness (QED) is 0.788. The van der Waals surface area contributed by atoms with Crippen LogP contribution in [0.3, 0.4) is 0 Å². The van der Waals surface area contributed by atoms with Gasteiger partial charge in [-0.25, -0.2) is 9.59 Å². The molecule has 6 heteroatoms. The largest absolute Gasteiger partial charge is 0.456 e. The third-order valence-corrected chi connectivity index (χ3v) is 3.83. The lowest BCUT2D eigenvalue weighted by atomic mass is 9.95. The molecular formula is C16H19BrN2O3. The summed E-state index contributed by atoms with van der Waals surface area (Å²) in [5, 5.41) is 5.41. The molecule has 1 aliphatic rings. The standard InChI is InChI=1S/C16H19BrN2O3/c1-9-12(14(20)22-16(2,3)4)13(19-15(21)18-9)10-7-5-6-8-11(10)17/h5-8,13H,1-4H3,(H2,18,19,21). The number of amides is 2. The van der Waals surface area contributed by atoms with Gasteiger partial charge in [-0.1, -0.05) is 34.1 Å². The van der Waals surface area contributed by atoms with Crippen molar-refractivity contribution in [3.05, 3.63) is 45.6 Å². The molecule has 5 nitrogen and oxygen atoms in total. The summed E-state index contributed by atoms with van der Waals surface area (Å²) in [5.41, 5.74) is 1.10. The molecule has 1 heterocycles. The van der Waals surface area contributed by atoms with E-state index in [1.165, 1.54) is 0 Å². The van der Waals surface area contributed by atoms with Crippen molar-refractivity contribution in [1.82, 2.24) is 10.6 Å². The number of nitrogens with one attached hydrogen (secondary N) is 2. The van der Waals surface area contributed by atoms with E-state index in [9.17, 15) is 9.59 Å². The zero-order chi connectivity index (χ0) is 16.5. The first kappa shape index (κ1) is 16.5. The SMILES string of the molecule is CC1=C(C(=O)OC(C)(C)C)C(c2ccccc2Br)NC(=O)N1. The zero-order valence-corrected chi connectivity index (χ0v) is 14.6. The van der Waals surface area contributed by atoms with E-state index >= 15 is 0 Å². The van der Waals surface area contributed by atoms with Crippen LogP contribution in [-0.4, -0.2) is 17.6 Å². The van der Waals surface area contributed by atoms with Crippen LogP contribution in [0.25, 0.3) is 0 Å². The summed E-state index contributed by atoms with van der Waals surface area (Å²) in [4.78, 5) is 24.3. The second-order valence-corrected chi connectivity index (χ2v) is 6.95. The summed E-state index contributed by atoms with van der Waals surface area (Å²) in [6.07, 6.45) is 0. The van der Waals surface area contributed by atoms with Gasteiger partial charge in [-0.2, -0.15) is 0 Å². The second-order valence-electron chi connectivity index (χ2n) is 6.09. The first-order valence-electron chi connectivity index (χ1n) is 6.95. The zero-order valence-electron chi connectivity index (χ0n) is 13.0. The average Bonchev–Trinajstić information content (AvgIpc) is 2.35. The van der Waals surface area contributed by atoms with Crippen molar-refractivity contribution in [3.63, 3.8) is 0 Å². The lowest BCUT2D eigenvalue weighted by Crippen LogP contribution is -2.46. The summed E-state index contributed by atoms with van der Waals surface area (Å²) < 4.78 is 6.29. The summed E-state index contributed by atoms with van der Waals surface area (Å²) in [6, 6.07) is 6.56. The van der Waals surface area contributed by atoms with Gasteiger partial charge in [0.1, 0.15) is 5.60 Å². The molecule has 2 amide bonds. The van der Waals surface area contributed by atoms with Crippen LogP contribution in [0.5, 0.6) is 0 Å². The maximum Gasteiger partial charge on any atom is 0.338 e. The summed E-state index contributed by atoms with van der Waals surface area (Å²) in [5.74, 6) is -0.446. The van der Waals surface area contributed by atoms with Crippen molar-refractivity contribution in [1.29, 1.82) is 0 Å². The third kappa shape index (κ3) is 3.68. The number of urea groups is 1. The number of hydrogen-bond donors (Lipinski definition) is 2. The lowest BCUT2D eigenvalue weighted by Gasteiger charge is -2.30. The number of hydrogen-bond acceptors (Lipinski definition) is 3. The summed E-state index contributed by atoms with van der Waals surface area (Å²) >= 11 is 3.46. The number of carbonyl (C=O) groups is 2. The van der Waals surface area contributed by atoms with Gasteiger partial charge in [0, 0.05) is 10.2 Å². The van der Waals surface area contributed by atoms with Crippen LogP contribution < -0.4 is 10.6 Å². The van der Waals surface area contributed by atoms with Crippen LogP contribution >= 0.6 is 15.9 Å². The van der Waals surface area contributed by atoms with Crippen LogP contribution in [0.4, 0.5) is 4.79 Å². The first-order valence-corrected chi connectivity index (χ1v) is 7.74. The monoisotopic (exact) mass is 366 g/mol. The maximum atomic E-state index is 12.5. The molecule has 1 aromatic rings. The van der Waals surface area contributed by atoms with Crippen molar-refractivity contribution < 1.29 is 14.3 Å². The van der Waals surface area contributed by atoms with Crippen molar-refractivity contribution >= 4 is 27.9 Å². The molecule has 22 heavy (non-hydrogen) atoms. The van der Waals surface area contributed by atoms with Gasteiger partial charge in [0.2, 0.25) is 0 Å². The minimum atomic E-state index is -0.607. The highest BCUT2D eigenvalue weighted by molar-refractivity contribution is 9.10. The highest BCUT2D eigenvalue weighted by atomic mass is 79.9. The minimum absolute atomic E-state index is 0.342. The van der Waals surface area contributed by atoms with Crippen molar-refractivity contribution in [2.24, 2.45) is 0 Å². The molecule has 118 valence electrons. The minimum Gasteiger partial charge on any atom is -0.456 e. The van der Waals surface area contributed by atoms with Crippen molar-refractivity contribution in [3.8, 4) is 0 Å². The first-order chi connectivity index (χ1) is 10.2. The molecule has 1 aromatic carbocycles. The van der Waals surface area contributed by atoms with Gasteiger partial charge in [-0.05, 0) is 39.3 Å². The molecule has 0 radical (unpaired) electrons. The predicted molar refractivity (Wildman–Crippen MR) is 87.1 cm³/mol. The molecule has 1 aliphatic heterocycles. The Hall–Kier alpha value is -1.82. The normalized spacial score (nSPS) is 18.6. The van der Waals surface area contributed by atoms with Crippen LogP contribution in [0.1, 0.15) is 39.3 Å². The molecule has 0 saturated carbocycles. The van der Waals surface area contributed by atoms with E-state index in [-0.39, 0.29) is 6.03 Å². The van der Waals surface area contributed by atoms with E-state index in [4.69, 9.17) is 4.74 Å². The highest BCUT2D eigenvalue weighted by Gasteiger charge is 2.34. The third-order valence-electron chi connectivity index (χ3n) is 3.10. The van der Waals surface area contributed by atoms with Gasteiger partial charge in [-0.3, -0.25) is 0 Å². The Morgan fingerprint density at radius 2 is 1.91 bits per heavy atom. The number of benzene rings is 1. The van der Waals surface area contributed by atoms with E-state index in [1.807, 2.05) is 45.0 Å². The Bertz CT molecular complexity index is 647. The Balaban J connectivity index is 2.46. The number of esters is 1. The molecule has 0 aliphatic carbocycles. The van der Waals surface area contributed by atoms with Crippen LogP contribution in [0.15, 0.2) is 40.0 Å². The predicted octanol–water partition coefficient (Wildman–Crippen LogP) is 3.42. The van der Waals surface area contributed by atoms with Crippen LogP contribution in [0, 0.1) is 0 Å². The van der Waals surface area contributed by atoms with Gasteiger partial charge in [0.25, 0.3) is 0 Å². The lowest BCUT2D eigenvalue weighted by molar-refractivity contribution is -0.150. The smallest absolute Gasteiger partial charge is 0.338 e. The van der Waals surface area contributed by atoms with Gasteiger partial charge < -0.3 is 15.4 Å². The van der Waals surface area contributed by atoms with Crippen molar-refractivity contribution in [2.45, 2.75) is 39.3 Å². The van der Waals surface area contributed by atoms with E-state index in [2.05, 4.69) is 26.6 Å². The molecule has 1 atom stereocenters. The van der Waals surface area contributed by atoms with Gasteiger partial charge >= 0.3 is 12.0 Å². The number of ether oxygens (including phenoxy) is 1. The Kier molecular flexibility index (Phi) is 4.60. The Morgan fingerprint density at radius 1 is 1.27 bits per heavy atom. The molecule has 0 bridgehead atoms. The summed E-state index contributed by atoms with van der Waals surface area (Å²) in [6.45, 7) is 7.12. The van der Waals surface area contributed by atoms with E-state index in [1.54, 1.807) is 6.92 Å². The molecule has 0 spiro atoms. The van der Waals surface area contributed by atoms with Crippen LogP contribution in [-0.2, 0) is 9.53 Å². The number of carbonyl (C=O) groups excluding carboxylic acids is 2. The van der Waals surface area contributed by atoms with Crippen LogP contribution in [0.2, 0.25) is 0 Å². The molecule has 0 saturated heterocycles. The van der Waals surface area contributed by atoms with E-state index in [0.717, 1.165) is 10.0 Å². The van der Waals surface area contributed by atoms with E-state index < -0.39 is 17.6 Å². The molecular weight excluding hydrogens is 348 g/mol. The van der Waals surface area contributed by atoms with Gasteiger partial charge in [0.05, 0.1) is 11.6 Å². The number of halogens is 1. The molecule has 0 aromatic heterocycles. The average molecular weight is 367 g/mol. The van der Waals surface area contributed by atoms with Crippen molar-refractivity contribution in [2.75, 3.05) is 0 Å². The Morgan fingerprint density at radius 3 is 2.50 bits per heavy atom. The Labute approximate surface area is 138 Å². The van der Waals surface area contributed by atoms with E-state index in [0.29, 0.717) is 11.3 Å². The van der Waals surface area contributed by atoms with Gasteiger partial charge in [-0.15, -0.1) is 0 Å². The fourth-order valence-corrected chi connectivity index (χ4v) is 2.75. The maximum absolute atomic E-state index is 12.5. The highest BCUT2D eigenvalue weighted by Crippen LogP contribution is 2.32. The van der Waals surface area contributed by atoms with Gasteiger partial charge in [0.15, 0.2) is 0 Å². The molecule has 2 rings (SSSR count). The number of rotatable bonds is 2. The molecule has 2 N–H and O–H groups in total. The fourth-order valence-electron chi connectivity index (χ4n) is 2.24. The molecule has 1 unspecified atom stereocenters.